The molecule has 2 N–H and O–H groups in total. The lowest BCUT2D eigenvalue weighted by atomic mass is 10.1. The molecule has 0 aliphatic heterocycles. The highest BCUT2D eigenvalue weighted by Gasteiger charge is 2.00. The number of hydrogen-bond acceptors (Lipinski definition) is 4. The number of aryl methyl sites for hydroxylation is 1. The number of carbonyl (C=O) groups is 1. The van der Waals surface area contributed by atoms with Gasteiger partial charge in [0.25, 0.3) is 0 Å². The Hall–Kier alpha value is -1.39. The minimum absolute atomic E-state index is 0.204. The minimum atomic E-state index is -0.204. The molecule has 1 aromatic rings. The molecule has 0 saturated carbocycles. The van der Waals surface area contributed by atoms with Gasteiger partial charge in [-0.2, -0.15) is 0 Å². The minimum Gasteiger partial charge on any atom is -0.465 e. The van der Waals surface area contributed by atoms with Crippen molar-refractivity contribution in [1.29, 1.82) is 0 Å². The molecular weight excluding hydrogens is 276 g/mol. The van der Waals surface area contributed by atoms with Crippen molar-refractivity contribution in [3.8, 4) is 0 Å². The number of hydrogen-bond donors (Lipinski definition) is 2. The lowest BCUT2D eigenvalue weighted by Crippen LogP contribution is -2.24. The van der Waals surface area contributed by atoms with E-state index in [2.05, 4.69) is 43.5 Å². The quantitative estimate of drug-likeness (QED) is 0.759. The third kappa shape index (κ3) is 15.0. The Morgan fingerprint density at radius 1 is 1.09 bits per heavy atom. The molecule has 0 radical (unpaired) electrons. The highest BCUT2D eigenvalue weighted by molar-refractivity contribution is 5.71. The van der Waals surface area contributed by atoms with Crippen molar-refractivity contribution < 1.29 is 9.53 Å². The summed E-state index contributed by atoms with van der Waals surface area (Å²) in [5.41, 5.74) is 2.41. The average molecular weight is 310 g/mol. The molecule has 0 saturated heterocycles. The largest absolute Gasteiger partial charge is 0.465 e. The van der Waals surface area contributed by atoms with Gasteiger partial charge in [-0.1, -0.05) is 57.5 Å². The predicted octanol–water partition coefficient (Wildman–Crippen LogP) is 3.29. The average Bonchev–Trinajstić information content (AvgIpc) is 2.51. The molecule has 4 nitrogen and oxygen atoms in total. The van der Waals surface area contributed by atoms with Gasteiger partial charge >= 0.3 is 5.97 Å². The van der Waals surface area contributed by atoms with Crippen molar-refractivity contribution in [3.05, 3.63) is 35.4 Å². The molecule has 0 heterocycles. The van der Waals surface area contributed by atoms with Crippen molar-refractivity contribution in [3.63, 3.8) is 0 Å². The monoisotopic (exact) mass is 310 g/mol. The van der Waals surface area contributed by atoms with Crippen molar-refractivity contribution in [1.82, 2.24) is 10.6 Å². The van der Waals surface area contributed by atoms with E-state index in [0.717, 1.165) is 13.1 Å². The van der Waals surface area contributed by atoms with E-state index >= 15 is 0 Å². The van der Waals surface area contributed by atoms with E-state index in [1.54, 1.807) is 6.92 Å². The Balaban J connectivity index is 0. The molecule has 22 heavy (non-hydrogen) atoms. The Kier molecular flexibility index (Phi) is 18.4. The number of nitrogens with one attached hydrogen (secondary N) is 2. The van der Waals surface area contributed by atoms with Gasteiger partial charge in [0.2, 0.25) is 0 Å². The predicted molar refractivity (Wildman–Crippen MR) is 95.1 cm³/mol. The van der Waals surface area contributed by atoms with Crippen LogP contribution in [-0.2, 0) is 16.1 Å². The molecule has 0 atom stereocenters. The topological polar surface area (TPSA) is 50.4 Å². The van der Waals surface area contributed by atoms with Gasteiger partial charge in [-0.25, -0.2) is 0 Å². The molecule has 0 amide bonds. The van der Waals surface area contributed by atoms with E-state index in [4.69, 9.17) is 4.74 Å². The van der Waals surface area contributed by atoms with Crippen LogP contribution in [0.5, 0.6) is 0 Å². The van der Waals surface area contributed by atoms with Crippen molar-refractivity contribution in [2.24, 2.45) is 0 Å². The zero-order valence-electron chi connectivity index (χ0n) is 15.2. The number of rotatable bonds is 7. The zero-order chi connectivity index (χ0) is 17.2. The molecule has 1 rings (SSSR count). The van der Waals surface area contributed by atoms with Gasteiger partial charge in [-0.15, -0.1) is 0 Å². The summed E-state index contributed by atoms with van der Waals surface area (Å²) in [6.07, 6.45) is 0. The van der Waals surface area contributed by atoms with E-state index in [1.165, 1.54) is 11.1 Å². The summed E-state index contributed by atoms with van der Waals surface area (Å²) in [5.74, 6) is -0.204. The molecule has 0 bridgehead atoms. The Morgan fingerprint density at radius 2 is 1.73 bits per heavy atom. The SMILES string of the molecule is CC.CCNCC.CCOC(=O)CNCc1cccc(C)c1. The van der Waals surface area contributed by atoms with Crippen LogP contribution in [-0.4, -0.2) is 32.2 Å². The van der Waals surface area contributed by atoms with Crippen LogP contribution in [0.3, 0.4) is 0 Å². The van der Waals surface area contributed by atoms with Crippen LogP contribution in [0.4, 0.5) is 0 Å². The highest BCUT2D eigenvalue weighted by Crippen LogP contribution is 2.02. The van der Waals surface area contributed by atoms with E-state index in [9.17, 15) is 4.79 Å². The number of esters is 1. The van der Waals surface area contributed by atoms with E-state index < -0.39 is 0 Å². The van der Waals surface area contributed by atoms with Crippen molar-refractivity contribution in [2.45, 2.75) is 48.1 Å². The summed E-state index contributed by atoms with van der Waals surface area (Å²) >= 11 is 0. The second kappa shape index (κ2) is 17.7. The molecule has 1 aromatic carbocycles. The summed E-state index contributed by atoms with van der Waals surface area (Å²) in [6, 6.07) is 8.19. The molecule has 0 spiro atoms. The lowest BCUT2D eigenvalue weighted by Gasteiger charge is -2.05. The van der Waals surface area contributed by atoms with Crippen LogP contribution in [0, 0.1) is 6.92 Å². The fourth-order valence-electron chi connectivity index (χ4n) is 1.59. The van der Waals surface area contributed by atoms with Gasteiger partial charge in [0.05, 0.1) is 13.2 Å². The smallest absolute Gasteiger partial charge is 0.319 e. The third-order valence-electron chi connectivity index (χ3n) is 2.49. The molecule has 0 aliphatic carbocycles. The van der Waals surface area contributed by atoms with Crippen molar-refractivity contribution >= 4 is 5.97 Å². The van der Waals surface area contributed by atoms with Gasteiger partial charge in [0.15, 0.2) is 0 Å². The first-order chi connectivity index (χ1) is 10.6. The first kappa shape index (κ1) is 22.9. The second-order valence-electron chi connectivity index (χ2n) is 4.35. The fraction of sp³-hybridized carbons (Fsp3) is 0.611. The second-order valence-corrected chi connectivity index (χ2v) is 4.35. The fourth-order valence-corrected chi connectivity index (χ4v) is 1.59. The summed E-state index contributed by atoms with van der Waals surface area (Å²) in [7, 11) is 0. The first-order valence-corrected chi connectivity index (χ1v) is 8.26. The van der Waals surface area contributed by atoms with E-state index in [0.29, 0.717) is 13.2 Å². The summed E-state index contributed by atoms with van der Waals surface area (Å²) in [6.45, 7) is 15.6. The summed E-state index contributed by atoms with van der Waals surface area (Å²) in [4.78, 5) is 11.0. The number of ether oxygens (including phenoxy) is 1. The summed E-state index contributed by atoms with van der Waals surface area (Å²) < 4.78 is 4.80. The third-order valence-corrected chi connectivity index (χ3v) is 2.49. The maximum atomic E-state index is 11.0. The molecule has 0 unspecified atom stereocenters. The van der Waals surface area contributed by atoms with Gasteiger partial charge in [-0.05, 0) is 32.5 Å². The van der Waals surface area contributed by atoms with E-state index in [1.807, 2.05) is 26.0 Å². The molecule has 0 aliphatic rings. The maximum Gasteiger partial charge on any atom is 0.319 e. The van der Waals surface area contributed by atoms with E-state index in [-0.39, 0.29) is 12.5 Å². The van der Waals surface area contributed by atoms with Crippen LogP contribution in [0.15, 0.2) is 24.3 Å². The lowest BCUT2D eigenvalue weighted by molar-refractivity contribution is -0.142. The Morgan fingerprint density at radius 3 is 2.18 bits per heavy atom. The molecule has 0 aromatic heterocycles. The van der Waals surface area contributed by atoms with Crippen LogP contribution in [0.2, 0.25) is 0 Å². The van der Waals surface area contributed by atoms with Crippen molar-refractivity contribution in [2.75, 3.05) is 26.2 Å². The Labute approximate surface area is 136 Å². The van der Waals surface area contributed by atoms with Crippen LogP contribution in [0.1, 0.15) is 45.7 Å². The maximum absolute atomic E-state index is 11.0. The molecule has 4 heteroatoms. The summed E-state index contributed by atoms with van der Waals surface area (Å²) in [5, 5.41) is 6.15. The first-order valence-electron chi connectivity index (χ1n) is 8.26. The highest BCUT2D eigenvalue weighted by atomic mass is 16.5. The van der Waals surface area contributed by atoms with Gasteiger partial charge in [0.1, 0.15) is 0 Å². The molecular formula is C18H34N2O2. The van der Waals surface area contributed by atoms with Crippen LogP contribution < -0.4 is 10.6 Å². The Bertz CT molecular complexity index is 366. The zero-order valence-corrected chi connectivity index (χ0v) is 15.2. The molecule has 0 fully saturated rings. The van der Waals surface area contributed by atoms with Gasteiger partial charge in [0, 0.05) is 6.54 Å². The van der Waals surface area contributed by atoms with Gasteiger partial charge in [-0.3, -0.25) is 4.79 Å². The van der Waals surface area contributed by atoms with Gasteiger partial charge < -0.3 is 15.4 Å². The number of benzene rings is 1. The molecule has 128 valence electrons. The standard InChI is InChI=1S/C12H17NO2.C4H11N.C2H6/c1-3-15-12(14)9-13-8-11-6-4-5-10(2)7-11;1-3-5-4-2;1-2/h4-7,13H,3,8-9H2,1-2H3;5H,3-4H2,1-2H3;1-2H3. The van der Waals surface area contributed by atoms with Crippen LogP contribution >= 0.6 is 0 Å². The number of carbonyl (C=O) groups excluding carboxylic acids is 1. The van der Waals surface area contributed by atoms with Crippen LogP contribution in [0.25, 0.3) is 0 Å². The normalized spacial score (nSPS) is 9.00.